The quantitative estimate of drug-likeness (QED) is 0.907. The highest BCUT2D eigenvalue weighted by Gasteiger charge is 2.41. The normalized spacial score (nSPS) is 21.5. The van der Waals surface area contributed by atoms with Crippen molar-refractivity contribution in [2.45, 2.75) is 12.5 Å². The van der Waals surface area contributed by atoms with E-state index in [9.17, 15) is 0 Å². The molecule has 0 amide bonds. The summed E-state index contributed by atoms with van der Waals surface area (Å²) in [6, 6.07) is 15.4. The molecule has 21 heavy (non-hydrogen) atoms. The Kier molecular flexibility index (Phi) is 3.56. The molecule has 1 heterocycles. The molecule has 3 nitrogen and oxygen atoms in total. The monoisotopic (exact) mass is 319 g/mol. The molecule has 2 N–H and O–H groups in total. The van der Waals surface area contributed by atoms with Crippen LogP contribution in [0.3, 0.4) is 0 Å². The van der Waals surface area contributed by atoms with Gasteiger partial charge in [-0.15, -0.1) is 0 Å². The van der Waals surface area contributed by atoms with Crippen molar-refractivity contribution in [1.82, 2.24) is 0 Å². The van der Waals surface area contributed by atoms with Gasteiger partial charge in [0.2, 0.25) is 0 Å². The zero-order valence-electron chi connectivity index (χ0n) is 11.6. The van der Waals surface area contributed by atoms with Gasteiger partial charge >= 0.3 is 0 Å². The summed E-state index contributed by atoms with van der Waals surface area (Å²) in [6.07, 6.45) is 0. The molecule has 0 radical (unpaired) electrons. The number of guanidine groups is 1. The summed E-state index contributed by atoms with van der Waals surface area (Å²) in [4.78, 5) is 6.39. The molecule has 5 heteroatoms. The molecule has 1 aliphatic heterocycles. The number of rotatable bonds is 2. The van der Waals surface area contributed by atoms with Gasteiger partial charge in [0.25, 0.3) is 0 Å². The lowest BCUT2D eigenvalue weighted by Crippen LogP contribution is -2.47. The van der Waals surface area contributed by atoms with Gasteiger partial charge < -0.3 is 5.73 Å². The molecule has 1 atom stereocenters. The zero-order valence-corrected chi connectivity index (χ0v) is 13.1. The van der Waals surface area contributed by atoms with E-state index >= 15 is 0 Å². The SMILES string of the molecule is CC1(c2cccc(Cl)c2)CN=C(N)N1c1ccccc1Cl. The number of hydrogen-bond donors (Lipinski definition) is 1. The second-order valence-electron chi connectivity index (χ2n) is 5.25. The molecule has 2 aromatic carbocycles. The van der Waals surface area contributed by atoms with E-state index in [0.29, 0.717) is 22.5 Å². The predicted molar refractivity (Wildman–Crippen MR) is 89.2 cm³/mol. The molecular formula is C16H15Cl2N3. The smallest absolute Gasteiger partial charge is 0.196 e. The standard InChI is InChI=1S/C16H15Cl2N3/c1-16(11-5-4-6-12(17)9-11)10-20-15(19)21(16)14-8-3-2-7-13(14)18/h2-9H,10H2,1H3,(H2,19,20). The van der Waals surface area contributed by atoms with Crippen molar-refractivity contribution in [2.24, 2.45) is 10.7 Å². The minimum Gasteiger partial charge on any atom is -0.369 e. The highest BCUT2D eigenvalue weighted by molar-refractivity contribution is 6.34. The van der Waals surface area contributed by atoms with Gasteiger partial charge in [0, 0.05) is 5.02 Å². The fraction of sp³-hybridized carbons (Fsp3) is 0.188. The molecule has 0 spiro atoms. The maximum absolute atomic E-state index is 6.34. The fourth-order valence-electron chi connectivity index (χ4n) is 2.70. The number of nitrogens with two attached hydrogens (primary N) is 1. The number of halogens is 2. The molecule has 0 aliphatic carbocycles. The Balaban J connectivity index is 2.13. The average molecular weight is 320 g/mol. The lowest BCUT2D eigenvalue weighted by molar-refractivity contribution is 0.533. The Hall–Kier alpha value is -1.71. The number of anilines is 1. The minimum atomic E-state index is -0.403. The van der Waals surface area contributed by atoms with Crippen LogP contribution in [0.5, 0.6) is 0 Å². The van der Waals surface area contributed by atoms with Crippen molar-refractivity contribution in [2.75, 3.05) is 11.4 Å². The van der Waals surface area contributed by atoms with Crippen LogP contribution in [-0.4, -0.2) is 12.5 Å². The van der Waals surface area contributed by atoms with E-state index in [2.05, 4.69) is 11.9 Å². The first-order valence-corrected chi connectivity index (χ1v) is 7.39. The molecule has 2 aromatic rings. The summed E-state index contributed by atoms with van der Waals surface area (Å²) in [5, 5.41) is 1.34. The van der Waals surface area contributed by atoms with E-state index in [4.69, 9.17) is 28.9 Å². The van der Waals surface area contributed by atoms with E-state index in [1.165, 1.54) is 0 Å². The van der Waals surface area contributed by atoms with Crippen LogP contribution < -0.4 is 10.6 Å². The highest BCUT2D eigenvalue weighted by Crippen LogP contribution is 2.40. The van der Waals surface area contributed by atoms with Gasteiger partial charge in [0.1, 0.15) is 0 Å². The Labute approximate surface area is 134 Å². The molecule has 3 rings (SSSR count). The number of aliphatic imine (C=N–C) groups is 1. The third kappa shape index (κ3) is 2.37. The van der Waals surface area contributed by atoms with Crippen LogP contribution >= 0.6 is 23.2 Å². The van der Waals surface area contributed by atoms with Gasteiger partial charge in [-0.25, -0.2) is 0 Å². The van der Waals surface area contributed by atoms with Gasteiger partial charge in [-0.2, -0.15) is 0 Å². The summed E-state index contributed by atoms with van der Waals surface area (Å²) in [7, 11) is 0. The molecule has 1 unspecified atom stereocenters. The largest absolute Gasteiger partial charge is 0.369 e. The first-order chi connectivity index (χ1) is 10.0. The minimum absolute atomic E-state index is 0.403. The maximum Gasteiger partial charge on any atom is 0.196 e. The van der Waals surface area contributed by atoms with Crippen molar-refractivity contribution >= 4 is 34.8 Å². The van der Waals surface area contributed by atoms with Crippen LogP contribution in [0.2, 0.25) is 10.0 Å². The van der Waals surface area contributed by atoms with E-state index in [-0.39, 0.29) is 0 Å². The molecule has 0 bridgehead atoms. The Bertz CT molecular complexity index is 714. The van der Waals surface area contributed by atoms with Crippen LogP contribution in [0.25, 0.3) is 0 Å². The topological polar surface area (TPSA) is 41.6 Å². The first-order valence-electron chi connectivity index (χ1n) is 6.63. The first kappa shape index (κ1) is 14.2. The van der Waals surface area contributed by atoms with Crippen LogP contribution in [0.4, 0.5) is 5.69 Å². The van der Waals surface area contributed by atoms with Gasteiger partial charge in [-0.1, -0.05) is 47.5 Å². The van der Waals surface area contributed by atoms with E-state index in [1.807, 2.05) is 53.4 Å². The summed E-state index contributed by atoms with van der Waals surface area (Å²) < 4.78 is 0. The summed E-state index contributed by atoms with van der Waals surface area (Å²) >= 11 is 12.5. The van der Waals surface area contributed by atoms with Crippen LogP contribution in [0.1, 0.15) is 12.5 Å². The second kappa shape index (κ2) is 5.24. The Morgan fingerprint density at radius 2 is 1.90 bits per heavy atom. The lowest BCUT2D eigenvalue weighted by Gasteiger charge is -2.37. The van der Waals surface area contributed by atoms with Crippen molar-refractivity contribution in [1.29, 1.82) is 0 Å². The van der Waals surface area contributed by atoms with Gasteiger partial charge in [-0.05, 0) is 36.8 Å². The van der Waals surface area contributed by atoms with Gasteiger partial charge in [-0.3, -0.25) is 9.89 Å². The van der Waals surface area contributed by atoms with Crippen molar-refractivity contribution < 1.29 is 0 Å². The van der Waals surface area contributed by atoms with Gasteiger partial charge in [0.05, 0.1) is 22.8 Å². The van der Waals surface area contributed by atoms with Crippen LogP contribution in [0, 0.1) is 0 Å². The van der Waals surface area contributed by atoms with Gasteiger partial charge in [0.15, 0.2) is 5.96 Å². The number of hydrogen-bond acceptors (Lipinski definition) is 3. The molecule has 0 aromatic heterocycles. The molecule has 0 saturated heterocycles. The molecular weight excluding hydrogens is 305 g/mol. The molecule has 0 saturated carbocycles. The Morgan fingerprint density at radius 3 is 2.62 bits per heavy atom. The lowest BCUT2D eigenvalue weighted by atomic mass is 9.90. The maximum atomic E-state index is 6.34. The molecule has 1 aliphatic rings. The van der Waals surface area contributed by atoms with E-state index in [0.717, 1.165) is 11.3 Å². The summed E-state index contributed by atoms with van der Waals surface area (Å²) in [5.41, 5.74) is 7.61. The molecule has 108 valence electrons. The second-order valence-corrected chi connectivity index (χ2v) is 6.09. The van der Waals surface area contributed by atoms with Crippen LogP contribution in [-0.2, 0) is 5.54 Å². The third-order valence-electron chi connectivity index (χ3n) is 3.81. The summed E-state index contributed by atoms with van der Waals surface area (Å²) in [6.45, 7) is 2.65. The number of benzene rings is 2. The van der Waals surface area contributed by atoms with E-state index in [1.54, 1.807) is 0 Å². The zero-order chi connectivity index (χ0) is 15.0. The fourth-order valence-corrected chi connectivity index (χ4v) is 3.11. The van der Waals surface area contributed by atoms with Crippen molar-refractivity contribution in [3.05, 3.63) is 64.1 Å². The Morgan fingerprint density at radius 1 is 1.14 bits per heavy atom. The number of nitrogens with zero attached hydrogens (tertiary/aromatic N) is 2. The van der Waals surface area contributed by atoms with Crippen molar-refractivity contribution in [3.8, 4) is 0 Å². The predicted octanol–water partition coefficient (Wildman–Crippen LogP) is 4.04. The number of para-hydroxylation sites is 1. The highest BCUT2D eigenvalue weighted by atomic mass is 35.5. The van der Waals surface area contributed by atoms with E-state index < -0.39 is 5.54 Å². The average Bonchev–Trinajstić information content (AvgIpc) is 2.77. The van der Waals surface area contributed by atoms with Crippen LogP contribution in [0.15, 0.2) is 53.5 Å². The molecule has 0 fully saturated rings. The third-order valence-corrected chi connectivity index (χ3v) is 4.37. The summed E-state index contributed by atoms with van der Waals surface area (Å²) in [5.74, 6) is 0.463. The van der Waals surface area contributed by atoms with Crippen molar-refractivity contribution in [3.63, 3.8) is 0 Å².